The molecular weight excluding hydrogens is 359 g/mol. The molecule has 0 aromatic heterocycles. The number of aryl methyl sites for hydroxylation is 1. The summed E-state index contributed by atoms with van der Waals surface area (Å²) < 4.78 is 40.9. The van der Waals surface area contributed by atoms with E-state index < -0.39 is 21.8 Å². The maximum atomic E-state index is 13.4. The standard InChI is InChI=1S/C18H21FN2O4S/c1-4-21(5-2)16-9-8-14(11-15(16)18(22)23)20-26(24,25)17-10-13(19)7-6-12(17)3/h6-11,20H,4-5H2,1-3H3,(H,22,23). The van der Waals surface area contributed by atoms with Gasteiger partial charge in [0.1, 0.15) is 5.82 Å². The normalized spacial score (nSPS) is 11.2. The summed E-state index contributed by atoms with van der Waals surface area (Å²) in [6, 6.07) is 7.80. The van der Waals surface area contributed by atoms with Crippen molar-refractivity contribution in [3.63, 3.8) is 0 Å². The summed E-state index contributed by atoms with van der Waals surface area (Å²) in [6.07, 6.45) is 0. The van der Waals surface area contributed by atoms with Gasteiger partial charge in [0, 0.05) is 18.8 Å². The van der Waals surface area contributed by atoms with Crippen LogP contribution in [0, 0.1) is 12.7 Å². The number of benzene rings is 2. The van der Waals surface area contributed by atoms with Gasteiger partial charge in [-0.1, -0.05) is 6.07 Å². The molecule has 8 heteroatoms. The smallest absolute Gasteiger partial charge is 0.337 e. The molecule has 2 rings (SSSR count). The van der Waals surface area contributed by atoms with Crippen LogP contribution in [0.25, 0.3) is 0 Å². The molecule has 0 aliphatic carbocycles. The van der Waals surface area contributed by atoms with Gasteiger partial charge in [-0.05, 0) is 56.7 Å². The second-order valence-electron chi connectivity index (χ2n) is 5.72. The van der Waals surface area contributed by atoms with Crippen molar-refractivity contribution in [1.29, 1.82) is 0 Å². The zero-order valence-electron chi connectivity index (χ0n) is 14.8. The summed E-state index contributed by atoms with van der Waals surface area (Å²) >= 11 is 0. The van der Waals surface area contributed by atoms with Gasteiger partial charge in [0.25, 0.3) is 10.0 Å². The summed E-state index contributed by atoms with van der Waals surface area (Å²) in [5.74, 6) is -1.83. The Morgan fingerprint density at radius 2 is 1.81 bits per heavy atom. The Kier molecular flexibility index (Phi) is 5.86. The van der Waals surface area contributed by atoms with Gasteiger partial charge in [0.2, 0.25) is 0 Å². The molecule has 0 unspecified atom stereocenters. The molecule has 0 amide bonds. The summed E-state index contributed by atoms with van der Waals surface area (Å²) in [5, 5.41) is 9.47. The minimum Gasteiger partial charge on any atom is -0.478 e. The number of nitrogens with zero attached hydrogens (tertiary/aromatic N) is 1. The van der Waals surface area contributed by atoms with Crippen molar-refractivity contribution in [3.05, 3.63) is 53.3 Å². The first-order valence-corrected chi connectivity index (χ1v) is 9.59. The van der Waals surface area contributed by atoms with E-state index in [1.807, 2.05) is 18.7 Å². The van der Waals surface area contributed by atoms with Crippen molar-refractivity contribution < 1.29 is 22.7 Å². The van der Waals surface area contributed by atoms with E-state index in [4.69, 9.17) is 0 Å². The third kappa shape index (κ3) is 4.13. The van der Waals surface area contributed by atoms with Crippen molar-refractivity contribution in [1.82, 2.24) is 0 Å². The van der Waals surface area contributed by atoms with E-state index in [9.17, 15) is 22.7 Å². The van der Waals surface area contributed by atoms with E-state index in [2.05, 4.69) is 4.72 Å². The van der Waals surface area contributed by atoms with Gasteiger partial charge in [0.05, 0.1) is 16.1 Å². The highest BCUT2D eigenvalue weighted by Crippen LogP contribution is 2.27. The highest BCUT2D eigenvalue weighted by atomic mass is 32.2. The van der Waals surface area contributed by atoms with Gasteiger partial charge in [-0.2, -0.15) is 0 Å². The lowest BCUT2D eigenvalue weighted by Gasteiger charge is -2.23. The Labute approximate surface area is 152 Å². The van der Waals surface area contributed by atoms with Gasteiger partial charge in [-0.3, -0.25) is 4.72 Å². The second-order valence-corrected chi connectivity index (χ2v) is 7.38. The fourth-order valence-electron chi connectivity index (χ4n) is 2.68. The van der Waals surface area contributed by atoms with Crippen LogP contribution in [0.5, 0.6) is 0 Å². The number of halogens is 1. The molecule has 0 saturated carbocycles. The Morgan fingerprint density at radius 3 is 2.38 bits per heavy atom. The van der Waals surface area contributed by atoms with Crippen LogP contribution in [0.1, 0.15) is 29.8 Å². The van der Waals surface area contributed by atoms with Crippen molar-refractivity contribution in [2.45, 2.75) is 25.7 Å². The van der Waals surface area contributed by atoms with Crippen LogP contribution in [0.4, 0.5) is 15.8 Å². The lowest BCUT2D eigenvalue weighted by Crippen LogP contribution is -2.24. The van der Waals surface area contributed by atoms with Crippen molar-refractivity contribution in [2.24, 2.45) is 0 Å². The van der Waals surface area contributed by atoms with Crippen LogP contribution in [0.3, 0.4) is 0 Å². The SMILES string of the molecule is CCN(CC)c1ccc(NS(=O)(=O)c2cc(F)ccc2C)cc1C(=O)O. The van der Waals surface area contributed by atoms with Crippen LogP contribution in [0.2, 0.25) is 0 Å². The molecule has 26 heavy (non-hydrogen) atoms. The summed E-state index contributed by atoms with van der Waals surface area (Å²) in [5.41, 5.74) is 0.983. The van der Waals surface area contributed by atoms with Crippen LogP contribution in [0.15, 0.2) is 41.3 Å². The van der Waals surface area contributed by atoms with Crippen LogP contribution < -0.4 is 9.62 Å². The molecule has 140 valence electrons. The molecular formula is C18H21FN2O4S. The first-order chi connectivity index (χ1) is 12.2. The van der Waals surface area contributed by atoms with Crippen molar-refractivity contribution in [2.75, 3.05) is 22.7 Å². The van der Waals surface area contributed by atoms with Crippen molar-refractivity contribution >= 4 is 27.4 Å². The zero-order chi connectivity index (χ0) is 19.5. The van der Waals surface area contributed by atoms with Gasteiger partial charge < -0.3 is 10.0 Å². The monoisotopic (exact) mass is 380 g/mol. The predicted octanol–water partition coefficient (Wildman–Crippen LogP) is 3.48. The van der Waals surface area contributed by atoms with Crippen LogP contribution in [-0.4, -0.2) is 32.6 Å². The highest BCUT2D eigenvalue weighted by molar-refractivity contribution is 7.92. The fourth-order valence-corrected chi connectivity index (χ4v) is 3.99. The van der Waals surface area contributed by atoms with E-state index in [-0.39, 0.29) is 16.1 Å². The summed E-state index contributed by atoms with van der Waals surface area (Å²) in [6.45, 7) is 6.59. The predicted molar refractivity (Wildman–Crippen MR) is 98.9 cm³/mol. The number of sulfonamides is 1. The molecule has 2 aromatic carbocycles. The Bertz CT molecular complexity index is 925. The Morgan fingerprint density at radius 1 is 1.15 bits per heavy atom. The van der Waals surface area contributed by atoms with Crippen LogP contribution in [-0.2, 0) is 10.0 Å². The Hall–Kier alpha value is -2.61. The molecule has 0 fully saturated rings. The zero-order valence-corrected chi connectivity index (χ0v) is 15.6. The minimum absolute atomic E-state index is 0.00939. The third-order valence-electron chi connectivity index (χ3n) is 4.02. The maximum Gasteiger partial charge on any atom is 0.337 e. The number of anilines is 2. The average Bonchev–Trinajstić information content (AvgIpc) is 2.58. The number of nitrogens with one attached hydrogen (secondary N) is 1. The maximum absolute atomic E-state index is 13.4. The number of carboxylic acid groups (broad SMARTS) is 1. The molecule has 0 saturated heterocycles. The molecule has 0 bridgehead atoms. The van der Waals surface area contributed by atoms with Gasteiger partial charge in [0.15, 0.2) is 0 Å². The second kappa shape index (κ2) is 7.74. The van der Waals surface area contributed by atoms with E-state index in [1.165, 1.54) is 24.3 Å². The topological polar surface area (TPSA) is 86.7 Å². The number of carbonyl (C=O) groups is 1. The minimum atomic E-state index is -4.05. The fraction of sp³-hybridized carbons (Fsp3) is 0.278. The van der Waals surface area contributed by atoms with Gasteiger partial charge in [-0.15, -0.1) is 0 Å². The van der Waals surface area contributed by atoms with Crippen molar-refractivity contribution in [3.8, 4) is 0 Å². The molecule has 2 aromatic rings. The molecule has 0 spiro atoms. The average molecular weight is 380 g/mol. The molecule has 0 atom stereocenters. The van der Waals surface area contributed by atoms with E-state index in [0.717, 1.165) is 6.07 Å². The number of rotatable bonds is 7. The summed E-state index contributed by atoms with van der Waals surface area (Å²) in [7, 11) is -4.05. The quantitative estimate of drug-likeness (QED) is 0.768. The first-order valence-electron chi connectivity index (χ1n) is 8.10. The van der Waals surface area contributed by atoms with Gasteiger partial charge in [-0.25, -0.2) is 17.6 Å². The lowest BCUT2D eigenvalue weighted by atomic mass is 10.1. The van der Waals surface area contributed by atoms with E-state index in [1.54, 1.807) is 13.0 Å². The highest BCUT2D eigenvalue weighted by Gasteiger charge is 2.20. The van der Waals surface area contributed by atoms with E-state index >= 15 is 0 Å². The Balaban J connectivity index is 2.45. The number of carboxylic acids is 1. The lowest BCUT2D eigenvalue weighted by molar-refractivity contribution is 0.0697. The number of hydrogen-bond acceptors (Lipinski definition) is 4. The first kappa shape index (κ1) is 19.7. The molecule has 0 aliphatic rings. The number of aromatic carboxylic acids is 1. The largest absolute Gasteiger partial charge is 0.478 e. The molecule has 0 aliphatic heterocycles. The third-order valence-corrected chi connectivity index (χ3v) is 5.55. The molecule has 0 heterocycles. The number of hydrogen-bond donors (Lipinski definition) is 2. The molecule has 2 N–H and O–H groups in total. The molecule has 0 radical (unpaired) electrons. The van der Waals surface area contributed by atoms with E-state index in [0.29, 0.717) is 24.3 Å². The van der Waals surface area contributed by atoms with Gasteiger partial charge >= 0.3 is 5.97 Å². The van der Waals surface area contributed by atoms with Crippen LogP contribution >= 0.6 is 0 Å². The molecule has 6 nitrogen and oxygen atoms in total. The summed E-state index contributed by atoms with van der Waals surface area (Å²) in [4.78, 5) is 13.3.